The lowest BCUT2D eigenvalue weighted by Crippen LogP contribution is -2.52. The molecule has 26 heavy (non-hydrogen) atoms. The average molecular weight is 392 g/mol. The standard InChI is InChI=1S/C18H24F3N3O.ClH/c1-13-11-14(5-6-22-13)17(25)24-9-7-23(8-10-24)16-4-2-3-15(12-16)18(19,20)21;/h2-4,12-14,22H,5-11H2,1H3;1H/t13-,14-;/m0./s1. The summed E-state index contributed by atoms with van der Waals surface area (Å²) in [6, 6.07) is 5.76. The molecule has 4 nitrogen and oxygen atoms in total. The zero-order valence-electron chi connectivity index (χ0n) is 14.8. The molecule has 2 fully saturated rings. The van der Waals surface area contributed by atoms with Crippen LogP contribution in [0.25, 0.3) is 0 Å². The van der Waals surface area contributed by atoms with Gasteiger partial charge in [0.2, 0.25) is 5.91 Å². The van der Waals surface area contributed by atoms with Crippen molar-refractivity contribution in [2.24, 2.45) is 5.92 Å². The second kappa shape index (κ2) is 8.48. The molecule has 8 heteroatoms. The number of halogens is 4. The predicted molar refractivity (Wildman–Crippen MR) is 97.7 cm³/mol. The molecule has 1 aromatic rings. The molecule has 2 aliphatic rings. The maximum atomic E-state index is 12.9. The number of nitrogens with zero attached hydrogens (tertiary/aromatic N) is 2. The SMILES string of the molecule is C[C@H]1C[C@@H](C(=O)N2CCN(c3cccc(C(F)(F)F)c3)CC2)CCN1.Cl. The van der Waals surface area contributed by atoms with E-state index in [9.17, 15) is 18.0 Å². The van der Waals surface area contributed by atoms with Crippen LogP contribution in [0.2, 0.25) is 0 Å². The van der Waals surface area contributed by atoms with Crippen LogP contribution in [0.5, 0.6) is 0 Å². The largest absolute Gasteiger partial charge is 0.416 e. The van der Waals surface area contributed by atoms with E-state index >= 15 is 0 Å². The fourth-order valence-corrected chi connectivity index (χ4v) is 3.68. The number of hydrogen-bond donors (Lipinski definition) is 1. The number of piperidine rings is 1. The highest BCUT2D eigenvalue weighted by Crippen LogP contribution is 2.32. The molecule has 0 spiro atoms. The molecule has 1 N–H and O–H groups in total. The van der Waals surface area contributed by atoms with Gasteiger partial charge < -0.3 is 15.1 Å². The van der Waals surface area contributed by atoms with Crippen LogP contribution in [0.1, 0.15) is 25.3 Å². The molecule has 146 valence electrons. The van der Waals surface area contributed by atoms with Gasteiger partial charge in [0.05, 0.1) is 5.56 Å². The first-order valence-electron chi connectivity index (χ1n) is 8.79. The quantitative estimate of drug-likeness (QED) is 0.841. The van der Waals surface area contributed by atoms with Gasteiger partial charge >= 0.3 is 6.18 Å². The number of alkyl halides is 3. The Kier molecular flexibility index (Phi) is 6.80. The minimum absolute atomic E-state index is 0. The summed E-state index contributed by atoms with van der Waals surface area (Å²) in [6.07, 6.45) is -2.62. The topological polar surface area (TPSA) is 35.6 Å². The van der Waals surface area contributed by atoms with Crippen molar-refractivity contribution in [1.29, 1.82) is 0 Å². The van der Waals surface area contributed by atoms with E-state index in [-0.39, 0.29) is 24.2 Å². The van der Waals surface area contributed by atoms with Crippen molar-refractivity contribution in [3.05, 3.63) is 29.8 Å². The summed E-state index contributed by atoms with van der Waals surface area (Å²) in [7, 11) is 0. The van der Waals surface area contributed by atoms with Gasteiger partial charge in [0.1, 0.15) is 0 Å². The predicted octanol–water partition coefficient (Wildman–Crippen LogP) is 3.16. The molecule has 0 unspecified atom stereocenters. The Labute approximate surface area is 158 Å². The Morgan fingerprint density at radius 1 is 1.19 bits per heavy atom. The number of carbonyl (C=O) groups excluding carboxylic acids is 1. The number of carbonyl (C=O) groups is 1. The second-order valence-electron chi connectivity index (χ2n) is 6.94. The highest BCUT2D eigenvalue weighted by molar-refractivity contribution is 5.85. The Morgan fingerprint density at radius 2 is 1.88 bits per heavy atom. The first-order chi connectivity index (χ1) is 11.8. The first kappa shape index (κ1) is 20.8. The lowest BCUT2D eigenvalue weighted by Gasteiger charge is -2.39. The van der Waals surface area contributed by atoms with Crippen molar-refractivity contribution < 1.29 is 18.0 Å². The first-order valence-corrected chi connectivity index (χ1v) is 8.79. The van der Waals surface area contributed by atoms with E-state index in [0.717, 1.165) is 25.5 Å². The number of amides is 1. The molecule has 0 aliphatic carbocycles. The van der Waals surface area contributed by atoms with Gasteiger partial charge in [-0.25, -0.2) is 0 Å². The third-order valence-corrected chi connectivity index (χ3v) is 5.10. The lowest BCUT2D eigenvalue weighted by atomic mass is 9.92. The Bertz CT molecular complexity index is 618. The summed E-state index contributed by atoms with van der Waals surface area (Å²) in [6.45, 7) is 5.20. The van der Waals surface area contributed by atoms with Crippen LogP contribution in [0.15, 0.2) is 24.3 Å². The van der Waals surface area contributed by atoms with Crippen LogP contribution in [0.3, 0.4) is 0 Å². The van der Waals surface area contributed by atoms with Crippen molar-refractivity contribution in [3.63, 3.8) is 0 Å². The average Bonchev–Trinajstić information content (AvgIpc) is 2.61. The van der Waals surface area contributed by atoms with Gasteiger partial charge in [-0.05, 0) is 44.5 Å². The summed E-state index contributed by atoms with van der Waals surface area (Å²) in [5.74, 6) is 0.258. The molecule has 1 amide bonds. The van der Waals surface area contributed by atoms with E-state index in [1.54, 1.807) is 6.07 Å². The van der Waals surface area contributed by atoms with Crippen LogP contribution >= 0.6 is 12.4 Å². The summed E-state index contributed by atoms with van der Waals surface area (Å²) < 4.78 is 38.6. The molecule has 0 aromatic heterocycles. The number of rotatable bonds is 2. The summed E-state index contributed by atoms with van der Waals surface area (Å²) in [5, 5.41) is 3.34. The van der Waals surface area contributed by atoms with Crippen LogP contribution in [0, 0.1) is 5.92 Å². The van der Waals surface area contributed by atoms with Gasteiger partial charge in [-0.2, -0.15) is 13.2 Å². The van der Waals surface area contributed by atoms with Crippen molar-refractivity contribution >= 4 is 24.0 Å². The molecule has 2 aliphatic heterocycles. The monoisotopic (exact) mass is 391 g/mol. The molecule has 3 rings (SSSR count). The molecule has 2 heterocycles. The Balaban J connectivity index is 0.00000243. The Hall–Kier alpha value is -1.47. The molecule has 0 bridgehead atoms. The summed E-state index contributed by atoms with van der Waals surface area (Å²) >= 11 is 0. The number of hydrogen-bond acceptors (Lipinski definition) is 3. The fourth-order valence-electron chi connectivity index (χ4n) is 3.68. The van der Waals surface area contributed by atoms with Crippen LogP contribution < -0.4 is 10.2 Å². The zero-order valence-corrected chi connectivity index (χ0v) is 15.6. The maximum Gasteiger partial charge on any atom is 0.416 e. The molecule has 0 radical (unpaired) electrons. The van der Waals surface area contributed by atoms with Gasteiger partial charge in [-0.3, -0.25) is 4.79 Å². The highest BCUT2D eigenvalue weighted by Gasteiger charge is 2.32. The van der Waals surface area contributed by atoms with E-state index < -0.39 is 11.7 Å². The van der Waals surface area contributed by atoms with E-state index in [0.29, 0.717) is 37.9 Å². The molecule has 0 saturated carbocycles. The molecule has 2 atom stereocenters. The minimum Gasteiger partial charge on any atom is -0.368 e. The molecular formula is C18H25ClF3N3O. The number of anilines is 1. The third-order valence-electron chi connectivity index (χ3n) is 5.10. The summed E-state index contributed by atoms with van der Waals surface area (Å²) in [5.41, 5.74) is -0.0652. The van der Waals surface area contributed by atoms with E-state index in [1.165, 1.54) is 12.1 Å². The van der Waals surface area contributed by atoms with Gasteiger partial charge in [0, 0.05) is 43.8 Å². The van der Waals surface area contributed by atoms with Gasteiger partial charge in [-0.1, -0.05) is 6.07 Å². The molecule has 2 saturated heterocycles. The van der Waals surface area contributed by atoms with Crippen LogP contribution in [-0.4, -0.2) is 49.6 Å². The maximum absolute atomic E-state index is 12.9. The number of piperazine rings is 1. The summed E-state index contributed by atoms with van der Waals surface area (Å²) in [4.78, 5) is 16.4. The van der Waals surface area contributed by atoms with Gasteiger partial charge in [-0.15, -0.1) is 12.4 Å². The zero-order chi connectivity index (χ0) is 18.0. The molecular weight excluding hydrogens is 367 g/mol. The lowest BCUT2D eigenvalue weighted by molar-refractivity contribution is -0.137. The fraction of sp³-hybridized carbons (Fsp3) is 0.611. The van der Waals surface area contributed by atoms with Gasteiger partial charge in [0.15, 0.2) is 0 Å². The van der Waals surface area contributed by atoms with Gasteiger partial charge in [0.25, 0.3) is 0 Å². The number of nitrogens with one attached hydrogen (secondary N) is 1. The molecule has 1 aromatic carbocycles. The third kappa shape index (κ3) is 4.82. The Morgan fingerprint density at radius 3 is 2.50 bits per heavy atom. The normalized spacial score (nSPS) is 24.2. The van der Waals surface area contributed by atoms with Crippen molar-refractivity contribution in [2.45, 2.75) is 32.0 Å². The van der Waals surface area contributed by atoms with E-state index in [1.807, 2.05) is 9.80 Å². The second-order valence-corrected chi connectivity index (χ2v) is 6.94. The van der Waals surface area contributed by atoms with Crippen LogP contribution in [0.4, 0.5) is 18.9 Å². The van der Waals surface area contributed by atoms with Crippen LogP contribution in [-0.2, 0) is 11.0 Å². The smallest absolute Gasteiger partial charge is 0.368 e. The van der Waals surface area contributed by atoms with E-state index in [2.05, 4.69) is 12.2 Å². The highest BCUT2D eigenvalue weighted by atomic mass is 35.5. The van der Waals surface area contributed by atoms with Crippen molar-refractivity contribution in [1.82, 2.24) is 10.2 Å². The number of benzene rings is 1. The van der Waals surface area contributed by atoms with Crippen molar-refractivity contribution in [2.75, 3.05) is 37.6 Å². The van der Waals surface area contributed by atoms with E-state index in [4.69, 9.17) is 0 Å². The van der Waals surface area contributed by atoms with Crippen molar-refractivity contribution in [3.8, 4) is 0 Å². The minimum atomic E-state index is -4.33.